The summed E-state index contributed by atoms with van der Waals surface area (Å²) in [5.74, 6) is -0.804. The second-order valence-electron chi connectivity index (χ2n) is 3.75. The van der Waals surface area contributed by atoms with Gasteiger partial charge in [-0.15, -0.1) is 0 Å². The fraction of sp³-hybridized carbons (Fsp3) is 0.636. The number of nitrogens with zero attached hydrogens (tertiary/aromatic N) is 2. The number of ether oxygens (including phenoxy) is 1. The van der Waals surface area contributed by atoms with Gasteiger partial charge in [-0.2, -0.15) is 0 Å². The van der Waals surface area contributed by atoms with Crippen LogP contribution in [0, 0.1) is 6.92 Å². The predicted molar refractivity (Wildman–Crippen MR) is 66.5 cm³/mol. The van der Waals surface area contributed by atoms with Gasteiger partial charge in [-0.25, -0.2) is 4.98 Å². The molecule has 1 rings (SSSR count). The van der Waals surface area contributed by atoms with Gasteiger partial charge in [0, 0.05) is 19.0 Å². The maximum atomic E-state index is 10.6. The van der Waals surface area contributed by atoms with Crippen molar-refractivity contribution in [2.24, 2.45) is 0 Å². The Labute approximate surface area is 105 Å². The zero-order valence-electron chi connectivity index (χ0n) is 10.3. The summed E-state index contributed by atoms with van der Waals surface area (Å²) in [6.45, 7) is 4.65. The molecule has 0 saturated carbocycles. The number of carboxylic acid groups (broad SMARTS) is 1. The summed E-state index contributed by atoms with van der Waals surface area (Å²) in [5.41, 5.74) is 1.03. The van der Waals surface area contributed by atoms with Crippen molar-refractivity contribution in [2.45, 2.75) is 31.5 Å². The Morgan fingerprint density at radius 3 is 2.94 bits per heavy atom. The van der Waals surface area contributed by atoms with E-state index in [0.29, 0.717) is 6.61 Å². The van der Waals surface area contributed by atoms with Crippen LogP contribution in [0.15, 0.2) is 11.4 Å². The molecule has 0 fully saturated rings. The smallest absolute Gasteiger partial charge is 0.313 e. The average molecular weight is 258 g/mol. The Morgan fingerprint density at radius 1 is 1.71 bits per heavy atom. The third-order valence-electron chi connectivity index (χ3n) is 2.47. The summed E-state index contributed by atoms with van der Waals surface area (Å²) in [4.78, 5) is 14.8. The van der Waals surface area contributed by atoms with Crippen LogP contribution in [0.1, 0.15) is 25.1 Å². The molecule has 0 spiro atoms. The van der Waals surface area contributed by atoms with Gasteiger partial charge >= 0.3 is 5.97 Å². The van der Waals surface area contributed by atoms with Gasteiger partial charge in [0.1, 0.15) is 0 Å². The van der Waals surface area contributed by atoms with Gasteiger partial charge in [-0.3, -0.25) is 4.79 Å². The van der Waals surface area contributed by atoms with Gasteiger partial charge in [0.15, 0.2) is 5.16 Å². The van der Waals surface area contributed by atoms with Gasteiger partial charge in [0.2, 0.25) is 0 Å². The number of hydrogen-bond acceptors (Lipinski definition) is 4. The number of carboxylic acids is 1. The third kappa shape index (κ3) is 3.74. The van der Waals surface area contributed by atoms with Crippen molar-refractivity contribution in [3.8, 4) is 0 Å². The molecule has 0 aliphatic heterocycles. The molecule has 0 amide bonds. The van der Waals surface area contributed by atoms with E-state index in [0.717, 1.165) is 17.3 Å². The van der Waals surface area contributed by atoms with Crippen molar-refractivity contribution in [3.05, 3.63) is 11.9 Å². The molecule has 0 aliphatic rings. The van der Waals surface area contributed by atoms with Crippen LogP contribution < -0.4 is 0 Å². The van der Waals surface area contributed by atoms with Crippen LogP contribution in [-0.4, -0.2) is 40.1 Å². The molecule has 1 aromatic heterocycles. The monoisotopic (exact) mass is 258 g/mol. The predicted octanol–water partition coefficient (Wildman–Crippen LogP) is 1.97. The van der Waals surface area contributed by atoms with Gasteiger partial charge in [-0.05, 0) is 13.3 Å². The van der Waals surface area contributed by atoms with Crippen LogP contribution in [0.2, 0.25) is 0 Å². The number of hydrogen-bond donors (Lipinski definition) is 1. The lowest BCUT2D eigenvalue weighted by atomic mass is 10.2. The largest absolute Gasteiger partial charge is 0.481 e. The fourth-order valence-electron chi connectivity index (χ4n) is 1.67. The minimum atomic E-state index is -0.831. The van der Waals surface area contributed by atoms with Gasteiger partial charge < -0.3 is 14.4 Å². The maximum absolute atomic E-state index is 10.6. The molecule has 5 nitrogen and oxygen atoms in total. The van der Waals surface area contributed by atoms with Crippen LogP contribution in [0.4, 0.5) is 0 Å². The summed E-state index contributed by atoms with van der Waals surface area (Å²) in [7, 11) is 1.67. The van der Waals surface area contributed by atoms with E-state index in [4.69, 9.17) is 9.84 Å². The van der Waals surface area contributed by atoms with Crippen molar-refractivity contribution in [1.29, 1.82) is 0 Å². The van der Waals surface area contributed by atoms with Crippen molar-refractivity contribution >= 4 is 17.7 Å². The molecule has 1 N–H and O–H groups in total. The number of aliphatic carboxylic acids is 1. The standard InChI is InChI=1S/C11H18N2O3S/c1-4-9(6-16-3)13-8(2)5-12-11(13)17-7-10(14)15/h5,9H,4,6-7H2,1-3H3,(H,14,15). The van der Waals surface area contributed by atoms with Crippen LogP contribution in [0.3, 0.4) is 0 Å². The molecule has 17 heavy (non-hydrogen) atoms. The minimum absolute atomic E-state index is 0.0276. The van der Waals surface area contributed by atoms with Crippen LogP contribution >= 0.6 is 11.8 Å². The maximum Gasteiger partial charge on any atom is 0.313 e. The van der Waals surface area contributed by atoms with E-state index in [9.17, 15) is 4.79 Å². The molecule has 0 saturated heterocycles. The van der Waals surface area contributed by atoms with Gasteiger partial charge in [0.05, 0.1) is 18.4 Å². The summed E-state index contributed by atoms with van der Waals surface area (Å²) in [6, 6.07) is 0.207. The normalized spacial score (nSPS) is 12.6. The van der Waals surface area contributed by atoms with E-state index < -0.39 is 5.97 Å². The number of imidazole rings is 1. The Balaban J connectivity index is 2.87. The highest BCUT2D eigenvalue weighted by molar-refractivity contribution is 7.99. The van der Waals surface area contributed by atoms with Crippen molar-refractivity contribution < 1.29 is 14.6 Å². The summed E-state index contributed by atoms with van der Waals surface area (Å²) < 4.78 is 7.23. The lowest BCUT2D eigenvalue weighted by Gasteiger charge is -2.19. The van der Waals surface area contributed by atoms with Crippen LogP contribution in [0.25, 0.3) is 0 Å². The Morgan fingerprint density at radius 2 is 2.41 bits per heavy atom. The summed E-state index contributed by atoms with van der Waals surface area (Å²) in [6.07, 6.45) is 2.69. The molecule has 0 bridgehead atoms. The number of aryl methyl sites for hydroxylation is 1. The number of methoxy groups -OCH3 is 1. The second kappa shape index (κ2) is 6.66. The van der Waals surface area contributed by atoms with E-state index in [1.165, 1.54) is 11.8 Å². The SMILES string of the molecule is CCC(COC)n1c(C)cnc1SCC(=O)O. The minimum Gasteiger partial charge on any atom is -0.481 e. The molecule has 96 valence electrons. The molecule has 1 atom stereocenters. The number of aromatic nitrogens is 2. The van der Waals surface area contributed by atoms with E-state index >= 15 is 0 Å². The van der Waals surface area contributed by atoms with E-state index in [-0.39, 0.29) is 11.8 Å². The lowest BCUT2D eigenvalue weighted by molar-refractivity contribution is -0.133. The summed E-state index contributed by atoms with van der Waals surface area (Å²) in [5, 5.41) is 9.43. The molecule has 0 aliphatic carbocycles. The molecular formula is C11H18N2O3S. The van der Waals surface area contributed by atoms with Gasteiger partial charge in [0.25, 0.3) is 0 Å². The fourth-order valence-corrected chi connectivity index (χ4v) is 2.48. The first kappa shape index (κ1) is 14.1. The number of rotatable bonds is 7. The Bertz CT molecular complexity index is 379. The van der Waals surface area contributed by atoms with Crippen molar-refractivity contribution in [1.82, 2.24) is 9.55 Å². The van der Waals surface area contributed by atoms with Crippen LogP contribution in [-0.2, 0) is 9.53 Å². The second-order valence-corrected chi connectivity index (χ2v) is 4.69. The topological polar surface area (TPSA) is 64.4 Å². The first-order valence-corrected chi connectivity index (χ1v) is 6.46. The van der Waals surface area contributed by atoms with E-state index in [2.05, 4.69) is 16.5 Å². The third-order valence-corrected chi connectivity index (χ3v) is 3.42. The molecule has 0 aromatic carbocycles. The zero-order chi connectivity index (χ0) is 12.8. The van der Waals surface area contributed by atoms with E-state index in [1.807, 2.05) is 6.92 Å². The van der Waals surface area contributed by atoms with Crippen molar-refractivity contribution in [3.63, 3.8) is 0 Å². The van der Waals surface area contributed by atoms with Crippen molar-refractivity contribution in [2.75, 3.05) is 19.5 Å². The first-order valence-electron chi connectivity index (χ1n) is 5.47. The average Bonchev–Trinajstić information content (AvgIpc) is 2.65. The Kier molecular flexibility index (Phi) is 5.50. The first-order chi connectivity index (χ1) is 8.10. The van der Waals surface area contributed by atoms with Crippen LogP contribution in [0.5, 0.6) is 0 Å². The number of thioether (sulfide) groups is 1. The molecule has 1 unspecified atom stereocenters. The molecule has 0 radical (unpaired) electrons. The molecule has 6 heteroatoms. The number of carbonyl (C=O) groups is 1. The summed E-state index contributed by atoms with van der Waals surface area (Å²) >= 11 is 1.24. The zero-order valence-corrected chi connectivity index (χ0v) is 11.2. The van der Waals surface area contributed by atoms with E-state index in [1.54, 1.807) is 13.3 Å². The molecule has 1 heterocycles. The molecule has 1 aromatic rings. The molecular weight excluding hydrogens is 240 g/mol. The quantitative estimate of drug-likeness (QED) is 0.757. The Hall–Kier alpha value is -1.01. The van der Waals surface area contributed by atoms with Gasteiger partial charge in [-0.1, -0.05) is 18.7 Å². The highest BCUT2D eigenvalue weighted by atomic mass is 32.2. The highest BCUT2D eigenvalue weighted by Gasteiger charge is 2.16. The lowest BCUT2D eigenvalue weighted by Crippen LogP contribution is -2.16. The highest BCUT2D eigenvalue weighted by Crippen LogP contribution is 2.24.